The van der Waals surface area contributed by atoms with E-state index in [0.29, 0.717) is 18.9 Å². The van der Waals surface area contributed by atoms with Crippen LogP contribution in [0, 0.1) is 0 Å². The van der Waals surface area contributed by atoms with Gasteiger partial charge in [-0.25, -0.2) is 0 Å². The molecule has 1 heterocycles. The molecule has 0 bridgehead atoms. The van der Waals surface area contributed by atoms with Crippen LogP contribution in [0.25, 0.3) is 10.9 Å². The van der Waals surface area contributed by atoms with Crippen LogP contribution in [-0.2, 0) is 16.8 Å². The van der Waals surface area contributed by atoms with E-state index in [-0.39, 0.29) is 6.61 Å². The number of aliphatic hydroxyl groups is 1. The standard InChI is InChI=1S/C20H30BrNO2/c1-6-15-17-12-14(21)11-16(13(4)5)18(17)22-19(15)20(7-2,9-10-23)24-8-3/h11-13,22-23H,6-10H2,1-5H3. The molecule has 0 fully saturated rings. The van der Waals surface area contributed by atoms with Gasteiger partial charge < -0.3 is 14.8 Å². The lowest BCUT2D eigenvalue weighted by atomic mass is 9.88. The van der Waals surface area contributed by atoms with Gasteiger partial charge in [0.05, 0.1) is 5.69 Å². The molecule has 0 saturated heterocycles. The summed E-state index contributed by atoms with van der Waals surface area (Å²) in [4.78, 5) is 3.70. The molecule has 1 unspecified atom stereocenters. The van der Waals surface area contributed by atoms with Crippen molar-refractivity contribution in [2.24, 2.45) is 0 Å². The van der Waals surface area contributed by atoms with E-state index in [1.807, 2.05) is 6.92 Å². The number of ether oxygens (including phenoxy) is 1. The second kappa shape index (κ2) is 8.03. The van der Waals surface area contributed by atoms with Crippen molar-refractivity contribution in [3.8, 4) is 0 Å². The van der Waals surface area contributed by atoms with Gasteiger partial charge in [-0.05, 0) is 48.9 Å². The first kappa shape index (κ1) is 19.5. The minimum atomic E-state index is -0.450. The molecule has 0 amide bonds. The Morgan fingerprint density at radius 2 is 1.96 bits per heavy atom. The summed E-state index contributed by atoms with van der Waals surface area (Å²) in [7, 11) is 0. The van der Waals surface area contributed by atoms with Gasteiger partial charge in [-0.15, -0.1) is 0 Å². The van der Waals surface area contributed by atoms with Crippen LogP contribution in [-0.4, -0.2) is 23.3 Å². The van der Waals surface area contributed by atoms with Crippen LogP contribution in [0.15, 0.2) is 16.6 Å². The molecular formula is C20H30BrNO2. The molecule has 2 aromatic rings. The molecule has 24 heavy (non-hydrogen) atoms. The number of halogens is 1. The predicted octanol–water partition coefficient (Wildman–Crippen LogP) is 5.64. The topological polar surface area (TPSA) is 45.2 Å². The molecule has 0 aliphatic rings. The molecule has 0 aliphatic heterocycles. The van der Waals surface area contributed by atoms with E-state index < -0.39 is 5.60 Å². The van der Waals surface area contributed by atoms with Crippen molar-refractivity contribution >= 4 is 26.8 Å². The largest absolute Gasteiger partial charge is 0.396 e. The number of hydrogen-bond donors (Lipinski definition) is 2. The molecule has 1 aromatic heterocycles. The van der Waals surface area contributed by atoms with Gasteiger partial charge in [0.1, 0.15) is 5.60 Å². The van der Waals surface area contributed by atoms with E-state index in [1.54, 1.807) is 0 Å². The average molecular weight is 396 g/mol. The number of benzene rings is 1. The summed E-state index contributed by atoms with van der Waals surface area (Å²) < 4.78 is 7.32. The first-order valence-electron chi connectivity index (χ1n) is 9.03. The maximum atomic E-state index is 9.64. The Hall–Kier alpha value is -0.840. The first-order chi connectivity index (χ1) is 11.4. The fourth-order valence-electron chi connectivity index (χ4n) is 3.73. The van der Waals surface area contributed by atoms with E-state index >= 15 is 0 Å². The second-order valence-electron chi connectivity index (χ2n) is 6.66. The number of aromatic amines is 1. The Bertz CT molecular complexity index is 684. The fraction of sp³-hybridized carbons (Fsp3) is 0.600. The number of aliphatic hydroxyl groups excluding tert-OH is 1. The van der Waals surface area contributed by atoms with Crippen LogP contribution >= 0.6 is 15.9 Å². The average Bonchev–Trinajstić information content (AvgIpc) is 2.92. The highest BCUT2D eigenvalue weighted by Gasteiger charge is 2.35. The molecule has 4 heteroatoms. The molecule has 1 aromatic carbocycles. The van der Waals surface area contributed by atoms with Crippen LogP contribution in [0.3, 0.4) is 0 Å². The number of rotatable bonds is 8. The van der Waals surface area contributed by atoms with Crippen LogP contribution in [0.5, 0.6) is 0 Å². The summed E-state index contributed by atoms with van der Waals surface area (Å²) in [5.74, 6) is 0.433. The smallest absolute Gasteiger partial charge is 0.110 e. The molecule has 134 valence electrons. The Labute approximate surface area is 153 Å². The van der Waals surface area contributed by atoms with Gasteiger partial charge in [0.25, 0.3) is 0 Å². The summed E-state index contributed by atoms with van der Waals surface area (Å²) in [6.45, 7) is 11.5. The highest BCUT2D eigenvalue weighted by Crippen LogP contribution is 2.41. The summed E-state index contributed by atoms with van der Waals surface area (Å²) in [6, 6.07) is 4.40. The first-order valence-corrected chi connectivity index (χ1v) is 9.82. The quantitative estimate of drug-likeness (QED) is 0.607. The number of fused-ring (bicyclic) bond motifs is 1. The van der Waals surface area contributed by atoms with Crippen molar-refractivity contribution in [3.05, 3.63) is 33.4 Å². The van der Waals surface area contributed by atoms with Crippen molar-refractivity contribution in [2.75, 3.05) is 13.2 Å². The van der Waals surface area contributed by atoms with Crippen LogP contribution < -0.4 is 0 Å². The van der Waals surface area contributed by atoms with Gasteiger partial charge in [-0.3, -0.25) is 0 Å². The van der Waals surface area contributed by atoms with E-state index in [1.165, 1.54) is 22.0 Å². The van der Waals surface area contributed by atoms with E-state index in [0.717, 1.165) is 23.0 Å². The van der Waals surface area contributed by atoms with Crippen LogP contribution in [0.4, 0.5) is 0 Å². The lowest BCUT2D eigenvalue weighted by Crippen LogP contribution is -2.32. The van der Waals surface area contributed by atoms with E-state index in [4.69, 9.17) is 4.74 Å². The minimum absolute atomic E-state index is 0.118. The normalized spacial score (nSPS) is 14.5. The third-order valence-corrected chi connectivity index (χ3v) is 5.41. The maximum absolute atomic E-state index is 9.64. The molecular weight excluding hydrogens is 366 g/mol. The molecule has 0 spiro atoms. The highest BCUT2D eigenvalue weighted by molar-refractivity contribution is 9.10. The molecule has 3 nitrogen and oxygen atoms in total. The third-order valence-electron chi connectivity index (χ3n) is 4.95. The van der Waals surface area contributed by atoms with E-state index in [2.05, 4.69) is 60.7 Å². The summed E-state index contributed by atoms with van der Waals surface area (Å²) in [6.07, 6.45) is 2.37. The zero-order valence-electron chi connectivity index (χ0n) is 15.5. The van der Waals surface area contributed by atoms with Crippen molar-refractivity contribution in [1.82, 2.24) is 4.98 Å². The molecule has 1 atom stereocenters. The summed E-state index contributed by atoms with van der Waals surface area (Å²) >= 11 is 3.67. The van der Waals surface area contributed by atoms with Crippen LogP contribution in [0.2, 0.25) is 0 Å². The molecule has 0 aliphatic carbocycles. The highest BCUT2D eigenvalue weighted by atomic mass is 79.9. The van der Waals surface area contributed by atoms with Gasteiger partial charge in [0.15, 0.2) is 0 Å². The lowest BCUT2D eigenvalue weighted by Gasteiger charge is -2.32. The van der Waals surface area contributed by atoms with Gasteiger partial charge in [-0.2, -0.15) is 0 Å². The zero-order valence-corrected chi connectivity index (χ0v) is 17.1. The predicted molar refractivity (Wildman–Crippen MR) is 105 cm³/mol. The van der Waals surface area contributed by atoms with E-state index in [9.17, 15) is 5.11 Å². The number of hydrogen-bond acceptors (Lipinski definition) is 2. The van der Waals surface area contributed by atoms with Crippen molar-refractivity contribution < 1.29 is 9.84 Å². The number of aryl methyl sites for hydroxylation is 1. The van der Waals surface area contributed by atoms with Gasteiger partial charge in [-0.1, -0.05) is 43.6 Å². The second-order valence-corrected chi connectivity index (χ2v) is 7.57. The van der Waals surface area contributed by atoms with Gasteiger partial charge in [0, 0.05) is 35.0 Å². The monoisotopic (exact) mass is 395 g/mol. The fourth-order valence-corrected chi connectivity index (χ4v) is 4.21. The summed E-state index contributed by atoms with van der Waals surface area (Å²) in [5.41, 5.74) is 4.51. The summed E-state index contributed by atoms with van der Waals surface area (Å²) in [5, 5.41) is 10.9. The minimum Gasteiger partial charge on any atom is -0.396 e. The zero-order chi connectivity index (χ0) is 17.9. The van der Waals surface area contributed by atoms with Crippen molar-refractivity contribution in [2.45, 2.75) is 65.4 Å². The molecule has 2 rings (SSSR count). The lowest BCUT2D eigenvalue weighted by molar-refractivity contribution is -0.0657. The molecule has 2 N–H and O–H groups in total. The Balaban J connectivity index is 2.80. The Morgan fingerprint density at radius 1 is 1.25 bits per heavy atom. The van der Waals surface area contributed by atoms with Crippen molar-refractivity contribution in [1.29, 1.82) is 0 Å². The van der Waals surface area contributed by atoms with Crippen LogP contribution in [0.1, 0.15) is 70.2 Å². The van der Waals surface area contributed by atoms with Crippen molar-refractivity contribution in [3.63, 3.8) is 0 Å². The van der Waals surface area contributed by atoms with Gasteiger partial charge in [0.2, 0.25) is 0 Å². The van der Waals surface area contributed by atoms with Gasteiger partial charge >= 0.3 is 0 Å². The molecule has 0 saturated carbocycles. The molecule has 0 radical (unpaired) electrons. The Morgan fingerprint density at radius 3 is 2.46 bits per heavy atom. The Kier molecular flexibility index (Phi) is 6.52. The number of nitrogens with one attached hydrogen (secondary N) is 1. The number of aromatic nitrogens is 1. The maximum Gasteiger partial charge on any atom is 0.110 e. The SMILES string of the molecule is CCOC(CC)(CCO)c1[nH]c2c(C(C)C)cc(Br)cc2c1CC. The third kappa shape index (κ3) is 3.42. The number of H-pyrrole nitrogens is 1.